The van der Waals surface area contributed by atoms with Crippen molar-refractivity contribution in [3.05, 3.63) is 94.7 Å². The van der Waals surface area contributed by atoms with E-state index in [-0.39, 0.29) is 5.91 Å². The number of hydrogen-bond donors (Lipinski definition) is 1. The summed E-state index contributed by atoms with van der Waals surface area (Å²) in [6.45, 7) is 1.85. The number of nitrogens with zero attached hydrogens (tertiary/aromatic N) is 3. The highest BCUT2D eigenvalue weighted by Gasteiger charge is 2.14. The number of hydrazone groups is 1. The van der Waals surface area contributed by atoms with E-state index in [2.05, 4.69) is 36.4 Å². The summed E-state index contributed by atoms with van der Waals surface area (Å²) in [6.07, 6.45) is 3.44. The number of aromatic nitrogens is 2. The van der Waals surface area contributed by atoms with Crippen LogP contribution in [0.3, 0.4) is 0 Å². The Hall–Kier alpha value is -3.38. The molecule has 6 heteroatoms. The molecule has 0 atom stereocenters. The molecule has 0 aliphatic heterocycles. The average molecular weight is 445 g/mol. The van der Waals surface area contributed by atoms with Crippen molar-refractivity contribution in [3.8, 4) is 11.3 Å². The van der Waals surface area contributed by atoms with Crippen molar-refractivity contribution < 1.29 is 4.79 Å². The fourth-order valence-corrected chi connectivity index (χ4v) is 3.40. The maximum absolute atomic E-state index is 13.0. The van der Waals surface area contributed by atoms with Crippen LogP contribution in [-0.4, -0.2) is 21.6 Å². The highest BCUT2D eigenvalue weighted by molar-refractivity contribution is 9.10. The third-order valence-corrected chi connectivity index (χ3v) is 4.98. The molecule has 29 heavy (non-hydrogen) atoms. The average Bonchev–Trinajstić information content (AvgIpc) is 2.77. The van der Waals surface area contributed by atoms with Gasteiger partial charge in [-0.05, 0) is 48.9 Å². The van der Waals surface area contributed by atoms with Gasteiger partial charge in [0, 0.05) is 27.8 Å². The number of hydrogen-bond acceptors (Lipinski definition) is 4. The topological polar surface area (TPSA) is 67.2 Å². The smallest absolute Gasteiger partial charge is 0.267 e. The molecule has 0 bridgehead atoms. The largest absolute Gasteiger partial charge is 0.272 e. The molecule has 5 nitrogen and oxygen atoms in total. The fourth-order valence-electron chi connectivity index (χ4n) is 3.00. The monoisotopic (exact) mass is 444 g/mol. The lowest BCUT2D eigenvalue weighted by molar-refractivity contribution is 0.0956. The zero-order valence-electron chi connectivity index (χ0n) is 15.6. The summed E-state index contributed by atoms with van der Waals surface area (Å²) in [5.41, 5.74) is 7.11. The molecule has 0 radical (unpaired) electrons. The number of halogens is 1. The zero-order valence-corrected chi connectivity index (χ0v) is 17.2. The first-order valence-electron chi connectivity index (χ1n) is 9.02. The van der Waals surface area contributed by atoms with Crippen molar-refractivity contribution in [2.24, 2.45) is 5.10 Å². The molecule has 4 rings (SSSR count). The van der Waals surface area contributed by atoms with Crippen molar-refractivity contribution in [1.82, 2.24) is 15.4 Å². The number of benzene rings is 2. The molecule has 2 aromatic heterocycles. The summed E-state index contributed by atoms with van der Waals surface area (Å²) < 4.78 is 0.956. The van der Waals surface area contributed by atoms with Gasteiger partial charge in [-0.1, -0.05) is 46.3 Å². The molecular formula is C23H17BrN4O. The molecular weight excluding hydrogens is 428 g/mol. The lowest BCUT2D eigenvalue weighted by atomic mass is 10.0. The highest BCUT2D eigenvalue weighted by Crippen LogP contribution is 2.24. The maximum atomic E-state index is 13.0. The summed E-state index contributed by atoms with van der Waals surface area (Å²) in [5.74, 6) is -0.289. The van der Waals surface area contributed by atoms with Gasteiger partial charge >= 0.3 is 0 Å². The number of carbonyl (C=O) groups excluding carboxylic acids is 1. The third-order valence-electron chi connectivity index (χ3n) is 4.49. The first kappa shape index (κ1) is 19.0. The van der Waals surface area contributed by atoms with Crippen molar-refractivity contribution in [3.63, 3.8) is 0 Å². The van der Waals surface area contributed by atoms with E-state index in [1.807, 2.05) is 67.6 Å². The second kappa shape index (κ2) is 8.32. The molecule has 0 fully saturated rings. The molecule has 0 unspecified atom stereocenters. The Kier molecular flexibility index (Phi) is 5.44. The summed E-state index contributed by atoms with van der Waals surface area (Å²) in [7, 11) is 0. The molecule has 2 heterocycles. The van der Waals surface area contributed by atoms with E-state index in [1.54, 1.807) is 18.5 Å². The first-order valence-corrected chi connectivity index (χ1v) is 9.82. The standard InChI is InChI=1S/C23H17BrN4O/c1-15(16-6-4-8-18(24)12-16)27-28-23(29)20-13-22(17-7-5-11-25-14-17)26-21-10-3-2-9-19(20)21/h2-14H,1H3,(H,28,29)/b27-15+. The summed E-state index contributed by atoms with van der Waals surface area (Å²) >= 11 is 3.45. The van der Waals surface area contributed by atoms with Gasteiger partial charge in [-0.3, -0.25) is 9.78 Å². The summed E-state index contributed by atoms with van der Waals surface area (Å²) in [5, 5.41) is 5.06. The third kappa shape index (κ3) is 4.22. The molecule has 2 aromatic carbocycles. The molecule has 1 N–H and O–H groups in total. The van der Waals surface area contributed by atoms with Crippen LogP contribution in [0.1, 0.15) is 22.8 Å². The van der Waals surface area contributed by atoms with Crippen molar-refractivity contribution in [1.29, 1.82) is 0 Å². The van der Waals surface area contributed by atoms with E-state index in [0.717, 1.165) is 26.5 Å². The van der Waals surface area contributed by atoms with Crippen LogP contribution in [0.25, 0.3) is 22.2 Å². The van der Waals surface area contributed by atoms with Crippen LogP contribution in [0.4, 0.5) is 0 Å². The molecule has 4 aromatic rings. The number of para-hydroxylation sites is 1. The minimum Gasteiger partial charge on any atom is -0.267 e. The van der Waals surface area contributed by atoms with E-state index >= 15 is 0 Å². The molecule has 0 saturated carbocycles. The Morgan fingerprint density at radius 2 is 1.90 bits per heavy atom. The van der Waals surface area contributed by atoms with Crippen molar-refractivity contribution >= 4 is 38.5 Å². The van der Waals surface area contributed by atoms with E-state index < -0.39 is 0 Å². The number of amides is 1. The minimum absolute atomic E-state index is 0.289. The summed E-state index contributed by atoms with van der Waals surface area (Å²) in [4.78, 5) is 21.8. The number of rotatable bonds is 4. The van der Waals surface area contributed by atoms with Crippen LogP contribution in [0.2, 0.25) is 0 Å². The fraction of sp³-hybridized carbons (Fsp3) is 0.0435. The maximum Gasteiger partial charge on any atom is 0.272 e. The Bertz CT molecular complexity index is 1220. The van der Waals surface area contributed by atoms with E-state index in [4.69, 9.17) is 0 Å². The summed E-state index contributed by atoms with van der Waals surface area (Å²) in [6, 6.07) is 20.9. The normalized spacial score (nSPS) is 11.4. The van der Waals surface area contributed by atoms with Gasteiger partial charge in [0.2, 0.25) is 0 Å². The number of nitrogens with one attached hydrogen (secondary N) is 1. The van der Waals surface area contributed by atoms with Crippen molar-refractivity contribution in [2.45, 2.75) is 6.92 Å². The molecule has 0 saturated heterocycles. The first-order chi connectivity index (χ1) is 14.1. The van der Waals surface area contributed by atoms with E-state index in [0.29, 0.717) is 17.0 Å². The van der Waals surface area contributed by atoms with Gasteiger partial charge in [-0.15, -0.1) is 0 Å². The predicted octanol–water partition coefficient (Wildman–Crippen LogP) is 5.21. The molecule has 142 valence electrons. The predicted molar refractivity (Wildman–Crippen MR) is 119 cm³/mol. The van der Waals surface area contributed by atoms with Crippen LogP contribution in [-0.2, 0) is 0 Å². The Balaban J connectivity index is 1.71. The van der Waals surface area contributed by atoms with Crippen LogP contribution in [0, 0.1) is 0 Å². The number of pyridine rings is 2. The van der Waals surface area contributed by atoms with E-state index in [9.17, 15) is 4.79 Å². The van der Waals surface area contributed by atoms with Crippen LogP contribution in [0.15, 0.2) is 88.7 Å². The number of fused-ring (bicyclic) bond motifs is 1. The molecule has 0 aliphatic rings. The minimum atomic E-state index is -0.289. The number of carbonyl (C=O) groups is 1. The molecule has 1 amide bonds. The van der Waals surface area contributed by atoms with Gasteiger partial charge < -0.3 is 0 Å². The van der Waals surface area contributed by atoms with Crippen LogP contribution in [0.5, 0.6) is 0 Å². The zero-order chi connectivity index (χ0) is 20.2. The lowest BCUT2D eigenvalue weighted by Gasteiger charge is -2.09. The Morgan fingerprint density at radius 1 is 1.03 bits per heavy atom. The van der Waals surface area contributed by atoms with Crippen LogP contribution < -0.4 is 5.43 Å². The molecule has 0 aliphatic carbocycles. The van der Waals surface area contributed by atoms with Gasteiger partial charge in [0.15, 0.2) is 0 Å². The van der Waals surface area contributed by atoms with Crippen molar-refractivity contribution in [2.75, 3.05) is 0 Å². The second-order valence-electron chi connectivity index (χ2n) is 6.46. The SMILES string of the molecule is C/C(=N\NC(=O)c1cc(-c2cccnc2)nc2ccccc12)c1cccc(Br)c1. The van der Waals surface area contributed by atoms with E-state index in [1.165, 1.54) is 0 Å². The second-order valence-corrected chi connectivity index (χ2v) is 7.38. The molecule has 0 spiro atoms. The van der Waals surface area contributed by atoms with Gasteiger partial charge in [-0.25, -0.2) is 10.4 Å². The van der Waals surface area contributed by atoms with Gasteiger partial charge in [-0.2, -0.15) is 5.10 Å². The van der Waals surface area contributed by atoms with Gasteiger partial charge in [0.05, 0.1) is 22.5 Å². The van der Waals surface area contributed by atoms with Gasteiger partial charge in [0.25, 0.3) is 5.91 Å². The van der Waals surface area contributed by atoms with Gasteiger partial charge in [0.1, 0.15) is 0 Å². The Labute approximate surface area is 176 Å². The quantitative estimate of drug-likeness (QED) is 0.346. The lowest BCUT2D eigenvalue weighted by Crippen LogP contribution is -2.20. The highest BCUT2D eigenvalue weighted by atomic mass is 79.9. The Morgan fingerprint density at radius 3 is 2.69 bits per heavy atom. The van der Waals surface area contributed by atoms with Crippen LogP contribution >= 0.6 is 15.9 Å².